The van der Waals surface area contributed by atoms with Crippen LogP contribution < -0.4 is 0 Å². The van der Waals surface area contributed by atoms with E-state index in [2.05, 4.69) is 4.98 Å². The summed E-state index contributed by atoms with van der Waals surface area (Å²) >= 11 is 0. The van der Waals surface area contributed by atoms with Crippen LogP contribution in [0.1, 0.15) is 10.4 Å². The first-order chi connectivity index (χ1) is 7.83. The van der Waals surface area contributed by atoms with Crippen LogP contribution in [-0.4, -0.2) is 18.1 Å². The van der Waals surface area contributed by atoms with E-state index < -0.39 is 0 Å². The van der Waals surface area contributed by atoms with E-state index in [9.17, 15) is 4.79 Å². The van der Waals surface area contributed by atoms with Gasteiger partial charge in [0.1, 0.15) is 0 Å². The third-order valence-corrected chi connectivity index (χ3v) is 2.32. The molecule has 3 heteroatoms. The fourth-order valence-corrected chi connectivity index (χ4v) is 1.55. The maximum Gasteiger partial charge on any atom is 0.338 e. The molecule has 0 aliphatic heterocycles. The lowest BCUT2D eigenvalue weighted by Gasteiger charge is -2.07. The summed E-state index contributed by atoms with van der Waals surface area (Å²) in [7, 11) is 1.38. The van der Waals surface area contributed by atoms with Gasteiger partial charge < -0.3 is 4.74 Å². The van der Waals surface area contributed by atoms with Crippen LogP contribution in [0.15, 0.2) is 48.8 Å². The minimum Gasteiger partial charge on any atom is -0.465 e. The standard InChI is InChI=1S/C13H11NO2/c1-16-13(15)12-5-3-2-4-11(12)10-6-8-14-9-7-10/h2-9H,1H3. The second-order valence-corrected chi connectivity index (χ2v) is 3.27. The van der Waals surface area contributed by atoms with E-state index in [0.717, 1.165) is 11.1 Å². The molecule has 1 heterocycles. The maximum atomic E-state index is 11.6. The van der Waals surface area contributed by atoms with Crippen LogP contribution in [0.25, 0.3) is 11.1 Å². The average Bonchev–Trinajstić information content (AvgIpc) is 2.39. The van der Waals surface area contributed by atoms with Crippen molar-refractivity contribution in [2.45, 2.75) is 0 Å². The van der Waals surface area contributed by atoms with E-state index in [0.29, 0.717) is 5.56 Å². The molecule has 0 saturated heterocycles. The van der Waals surface area contributed by atoms with Crippen molar-refractivity contribution in [3.8, 4) is 11.1 Å². The number of hydrogen-bond acceptors (Lipinski definition) is 3. The van der Waals surface area contributed by atoms with Crippen molar-refractivity contribution in [1.29, 1.82) is 0 Å². The van der Waals surface area contributed by atoms with Crippen LogP contribution in [0.4, 0.5) is 0 Å². The molecule has 16 heavy (non-hydrogen) atoms. The molecule has 80 valence electrons. The number of carbonyl (C=O) groups is 1. The quantitative estimate of drug-likeness (QED) is 0.719. The molecule has 0 saturated carbocycles. The Labute approximate surface area is 93.7 Å². The molecule has 0 N–H and O–H groups in total. The van der Waals surface area contributed by atoms with Gasteiger partial charge in [0.15, 0.2) is 0 Å². The molecule has 2 aromatic rings. The number of carbonyl (C=O) groups excluding carboxylic acids is 1. The van der Waals surface area contributed by atoms with Crippen molar-refractivity contribution >= 4 is 5.97 Å². The van der Waals surface area contributed by atoms with E-state index >= 15 is 0 Å². The first-order valence-corrected chi connectivity index (χ1v) is 4.90. The summed E-state index contributed by atoms with van der Waals surface area (Å²) in [5, 5.41) is 0. The van der Waals surface area contributed by atoms with Crippen LogP contribution in [0, 0.1) is 0 Å². The fraction of sp³-hybridized carbons (Fsp3) is 0.0769. The van der Waals surface area contributed by atoms with Crippen molar-refractivity contribution in [2.24, 2.45) is 0 Å². The molecule has 0 spiro atoms. The molecule has 0 fully saturated rings. The van der Waals surface area contributed by atoms with Crippen molar-refractivity contribution in [2.75, 3.05) is 7.11 Å². The zero-order valence-corrected chi connectivity index (χ0v) is 8.88. The van der Waals surface area contributed by atoms with Crippen LogP contribution in [-0.2, 0) is 4.74 Å². The smallest absolute Gasteiger partial charge is 0.338 e. The second kappa shape index (κ2) is 4.57. The highest BCUT2D eigenvalue weighted by molar-refractivity contribution is 5.97. The maximum absolute atomic E-state index is 11.6. The summed E-state index contributed by atoms with van der Waals surface area (Å²) in [6, 6.07) is 11.1. The molecule has 0 radical (unpaired) electrons. The molecule has 0 atom stereocenters. The van der Waals surface area contributed by atoms with Crippen LogP contribution >= 0.6 is 0 Å². The van der Waals surface area contributed by atoms with E-state index in [-0.39, 0.29) is 5.97 Å². The van der Waals surface area contributed by atoms with Crippen molar-refractivity contribution in [3.63, 3.8) is 0 Å². The number of pyridine rings is 1. The van der Waals surface area contributed by atoms with Gasteiger partial charge >= 0.3 is 5.97 Å². The lowest BCUT2D eigenvalue weighted by atomic mass is 10.0. The van der Waals surface area contributed by atoms with E-state index in [1.807, 2.05) is 30.3 Å². The minimum absolute atomic E-state index is 0.326. The highest BCUT2D eigenvalue weighted by Crippen LogP contribution is 2.23. The molecule has 1 aromatic heterocycles. The van der Waals surface area contributed by atoms with Gasteiger partial charge in [-0.2, -0.15) is 0 Å². The molecular formula is C13H11NO2. The Kier molecular flexibility index (Phi) is 2.96. The lowest BCUT2D eigenvalue weighted by molar-refractivity contribution is 0.0601. The van der Waals surface area contributed by atoms with E-state index in [4.69, 9.17) is 4.74 Å². The number of hydrogen-bond donors (Lipinski definition) is 0. The number of rotatable bonds is 2. The Hall–Kier alpha value is -2.16. The van der Waals surface area contributed by atoms with Gasteiger partial charge in [-0.25, -0.2) is 4.79 Å². The van der Waals surface area contributed by atoms with Crippen LogP contribution in [0.5, 0.6) is 0 Å². The van der Waals surface area contributed by atoms with Crippen molar-refractivity contribution < 1.29 is 9.53 Å². The Balaban J connectivity index is 2.53. The molecule has 2 rings (SSSR count). The number of methoxy groups -OCH3 is 1. The van der Waals surface area contributed by atoms with E-state index in [1.165, 1.54) is 7.11 Å². The SMILES string of the molecule is COC(=O)c1ccccc1-c1ccncc1. The summed E-state index contributed by atoms with van der Waals surface area (Å²) in [5.74, 6) is -0.326. The normalized spacial score (nSPS) is 9.81. The summed E-state index contributed by atoms with van der Waals surface area (Å²) in [4.78, 5) is 15.5. The Bertz CT molecular complexity index is 494. The Morgan fingerprint density at radius 2 is 1.81 bits per heavy atom. The third-order valence-electron chi connectivity index (χ3n) is 2.32. The monoisotopic (exact) mass is 213 g/mol. The van der Waals surface area contributed by atoms with Gasteiger partial charge in [0.05, 0.1) is 12.7 Å². The molecule has 0 unspecified atom stereocenters. The second-order valence-electron chi connectivity index (χ2n) is 3.27. The van der Waals surface area contributed by atoms with Crippen molar-refractivity contribution in [3.05, 3.63) is 54.4 Å². The summed E-state index contributed by atoms with van der Waals surface area (Å²) in [5.41, 5.74) is 2.38. The number of ether oxygens (including phenoxy) is 1. The predicted octanol–water partition coefficient (Wildman–Crippen LogP) is 2.54. The minimum atomic E-state index is -0.326. The van der Waals surface area contributed by atoms with Crippen molar-refractivity contribution in [1.82, 2.24) is 4.98 Å². The van der Waals surface area contributed by atoms with Crippen LogP contribution in [0.2, 0.25) is 0 Å². The Morgan fingerprint density at radius 1 is 1.12 bits per heavy atom. The molecular weight excluding hydrogens is 202 g/mol. The first-order valence-electron chi connectivity index (χ1n) is 4.90. The number of benzene rings is 1. The molecule has 3 nitrogen and oxygen atoms in total. The summed E-state index contributed by atoms with van der Waals surface area (Å²) < 4.78 is 4.74. The first kappa shape index (κ1) is 10.4. The topological polar surface area (TPSA) is 39.2 Å². The zero-order chi connectivity index (χ0) is 11.4. The highest BCUT2D eigenvalue weighted by atomic mass is 16.5. The van der Waals surface area contributed by atoms with E-state index in [1.54, 1.807) is 18.5 Å². The lowest BCUT2D eigenvalue weighted by Crippen LogP contribution is -2.03. The number of esters is 1. The van der Waals surface area contributed by atoms with Gasteiger partial charge in [0.2, 0.25) is 0 Å². The van der Waals surface area contributed by atoms with Gasteiger partial charge in [-0.15, -0.1) is 0 Å². The summed E-state index contributed by atoms with van der Waals surface area (Å²) in [6.07, 6.45) is 3.40. The van der Waals surface area contributed by atoms with Gasteiger partial charge in [-0.3, -0.25) is 4.98 Å². The predicted molar refractivity (Wildman–Crippen MR) is 61.0 cm³/mol. The average molecular weight is 213 g/mol. The molecule has 0 aliphatic rings. The Morgan fingerprint density at radius 3 is 2.50 bits per heavy atom. The zero-order valence-electron chi connectivity index (χ0n) is 8.88. The molecule has 0 aliphatic carbocycles. The number of aromatic nitrogens is 1. The van der Waals surface area contributed by atoms with Gasteiger partial charge in [0.25, 0.3) is 0 Å². The fourth-order valence-electron chi connectivity index (χ4n) is 1.55. The number of nitrogens with zero attached hydrogens (tertiary/aromatic N) is 1. The van der Waals surface area contributed by atoms with Gasteiger partial charge in [0, 0.05) is 12.4 Å². The third kappa shape index (κ3) is 1.93. The van der Waals surface area contributed by atoms with Crippen LogP contribution in [0.3, 0.4) is 0 Å². The molecule has 0 bridgehead atoms. The summed E-state index contributed by atoms with van der Waals surface area (Å²) in [6.45, 7) is 0. The molecule has 1 aromatic carbocycles. The van der Waals surface area contributed by atoms with Gasteiger partial charge in [-0.05, 0) is 29.3 Å². The highest BCUT2D eigenvalue weighted by Gasteiger charge is 2.11. The van der Waals surface area contributed by atoms with Gasteiger partial charge in [-0.1, -0.05) is 18.2 Å². The largest absolute Gasteiger partial charge is 0.465 e. The molecule has 0 amide bonds.